The van der Waals surface area contributed by atoms with Gasteiger partial charge in [-0.05, 0) is 18.2 Å². The standard InChI is InChI=1S/C12H10FN3/c13-10-3-1-2-4-11(10)16-6-5-9-7-14-8-15-12(9)16/h1-6,8H,7H2,(H,14,15). The molecule has 0 spiro atoms. The van der Waals surface area contributed by atoms with E-state index in [9.17, 15) is 4.39 Å². The van der Waals surface area contributed by atoms with Crippen LogP contribution in [0.5, 0.6) is 0 Å². The Bertz CT molecular complexity index is 557. The number of nitrogens with one attached hydrogen (secondary N) is 1. The first-order chi connectivity index (χ1) is 7.86. The van der Waals surface area contributed by atoms with Gasteiger partial charge >= 0.3 is 0 Å². The number of benzene rings is 1. The van der Waals surface area contributed by atoms with Crippen molar-refractivity contribution >= 4 is 12.2 Å². The quantitative estimate of drug-likeness (QED) is 0.778. The van der Waals surface area contributed by atoms with E-state index in [-0.39, 0.29) is 5.82 Å². The molecule has 0 aliphatic carbocycles. The number of rotatable bonds is 1. The van der Waals surface area contributed by atoms with E-state index in [0.717, 1.165) is 11.4 Å². The van der Waals surface area contributed by atoms with Gasteiger partial charge in [-0.3, -0.25) is 4.99 Å². The third kappa shape index (κ3) is 1.31. The summed E-state index contributed by atoms with van der Waals surface area (Å²) in [6.45, 7) is 0.643. The molecule has 1 aliphatic rings. The smallest absolute Gasteiger partial charge is 0.147 e. The van der Waals surface area contributed by atoms with Crippen LogP contribution < -0.4 is 5.32 Å². The van der Waals surface area contributed by atoms with Crippen molar-refractivity contribution in [2.75, 3.05) is 5.32 Å². The Balaban J connectivity index is 2.15. The SMILES string of the molecule is Fc1ccccc1-n1ccc2c1NC=NC2. The molecule has 1 aromatic heterocycles. The van der Waals surface area contributed by atoms with Gasteiger partial charge in [-0.25, -0.2) is 4.39 Å². The van der Waals surface area contributed by atoms with E-state index in [1.54, 1.807) is 23.0 Å². The number of para-hydroxylation sites is 1. The Kier molecular flexibility index (Phi) is 1.99. The summed E-state index contributed by atoms with van der Waals surface area (Å²) >= 11 is 0. The molecule has 0 unspecified atom stereocenters. The van der Waals surface area contributed by atoms with E-state index < -0.39 is 0 Å². The molecule has 2 heterocycles. The second-order valence-corrected chi connectivity index (χ2v) is 3.63. The Morgan fingerprint density at radius 1 is 1.25 bits per heavy atom. The van der Waals surface area contributed by atoms with E-state index in [1.165, 1.54) is 6.07 Å². The van der Waals surface area contributed by atoms with Crippen LogP contribution in [0.4, 0.5) is 10.2 Å². The van der Waals surface area contributed by atoms with E-state index in [0.29, 0.717) is 12.2 Å². The van der Waals surface area contributed by atoms with E-state index in [4.69, 9.17) is 0 Å². The largest absolute Gasteiger partial charge is 0.332 e. The summed E-state index contributed by atoms with van der Waals surface area (Å²) in [5.41, 5.74) is 1.62. The van der Waals surface area contributed by atoms with Crippen LogP contribution in [0.2, 0.25) is 0 Å². The van der Waals surface area contributed by atoms with Crippen LogP contribution in [0.3, 0.4) is 0 Å². The van der Waals surface area contributed by atoms with Crippen LogP contribution in [0, 0.1) is 5.82 Å². The lowest BCUT2D eigenvalue weighted by Gasteiger charge is -2.13. The lowest BCUT2D eigenvalue weighted by atomic mass is 10.3. The maximum absolute atomic E-state index is 13.6. The van der Waals surface area contributed by atoms with Crippen molar-refractivity contribution in [3.05, 3.63) is 47.9 Å². The van der Waals surface area contributed by atoms with Crippen molar-refractivity contribution in [1.82, 2.24) is 4.57 Å². The number of anilines is 1. The molecule has 3 rings (SSSR count). The van der Waals surface area contributed by atoms with Crippen LogP contribution >= 0.6 is 0 Å². The Labute approximate surface area is 92.2 Å². The van der Waals surface area contributed by atoms with Crippen molar-refractivity contribution in [3.63, 3.8) is 0 Å². The first kappa shape index (κ1) is 9.15. The Morgan fingerprint density at radius 2 is 2.12 bits per heavy atom. The van der Waals surface area contributed by atoms with Gasteiger partial charge in [0.1, 0.15) is 11.6 Å². The first-order valence-corrected chi connectivity index (χ1v) is 5.06. The number of halogens is 1. The minimum Gasteiger partial charge on any atom is -0.332 e. The van der Waals surface area contributed by atoms with Crippen molar-refractivity contribution in [3.8, 4) is 5.69 Å². The summed E-state index contributed by atoms with van der Waals surface area (Å²) < 4.78 is 15.4. The second-order valence-electron chi connectivity index (χ2n) is 3.63. The zero-order chi connectivity index (χ0) is 11.0. The van der Waals surface area contributed by atoms with Gasteiger partial charge in [0.15, 0.2) is 0 Å². The molecule has 0 atom stereocenters. The Morgan fingerprint density at radius 3 is 3.00 bits per heavy atom. The minimum atomic E-state index is -0.231. The van der Waals surface area contributed by atoms with Crippen molar-refractivity contribution in [2.45, 2.75) is 6.54 Å². The van der Waals surface area contributed by atoms with Crippen molar-refractivity contribution < 1.29 is 4.39 Å². The van der Waals surface area contributed by atoms with Gasteiger partial charge in [-0.15, -0.1) is 0 Å². The van der Waals surface area contributed by atoms with Crippen LogP contribution in [-0.4, -0.2) is 10.9 Å². The lowest BCUT2D eigenvalue weighted by Crippen LogP contribution is -2.09. The zero-order valence-electron chi connectivity index (χ0n) is 8.52. The minimum absolute atomic E-state index is 0.231. The molecule has 3 nitrogen and oxygen atoms in total. The van der Waals surface area contributed by atoms with E-state index in [1.807, 2.05) is 18.3 Å². The van der Waals surface area contributed by atoms with Crippen molar-refractivity contribution in [1.29, 1.82) is 0 Å². The molecular formula is C12H10FN3. The molecule has 0 bridgehead atoms. The summed E-state index contributed by atoms with van der Waals surface area (Å²) in [7, 11) is 0. The highest BCUT2D eigenvalue weighted by molar-refractivity contribution is 5.79. The van der Waals surface area contributed by atoms with Crippen LogP contribution in [0.25, 0.3) is 5.69 Å². The summed E-state index contributed by atoms with van der Waals surface area (Å²) in [4.78, 5) is 4.10. The predicted octanol–water partition coefficient (Wildman–Crippen LogP) is 2.57. The summed E-state index contributed by atoms with van der Waals surface area (Å²) in [6.07, 6.45) is 3.49. The third-order valence-corrected chi connectivity index (χ3v) is 2.64. The molecule has 1 N–H and O–H groups in total. The molecule has 80 valence electrons. The first-order valence-electron chi connectivity index (χ1n) is 5.06. The van der Waals surface area contributed by atoms with Crippen molar-refractivity contribution in [2.24, 2.45) is 4.99 Å². The number of aliphatic imine (C=N–C) groups is 1. The molecule has 0 fully saturated rings. The number of fused-ring (bicyclic) bond motifs is 1. The van der Waals surface area contributed by atoms with Gasteiger partial charge in [0.2, 0.25) is 0 Å². The molecule has 1 aliphatic heterocycles. The zero-order valence-corrected chi connectivity index (χ0v) is 8.52. The highest BCUT2D eigenvalue weighted by Gasteiger charge is 2.13. The fourth-order valence-corrected chi connectivity index (χ4v) is 1.86. The number of hydrogen-bond acceptors (Lipinski definition) is 2. The molecule has 16 heavy (non-hydrogen) atoms. The predicted molar refractivity (Wildman–Crippen MR) is 61.5 cm³/mol. The van der Waals surface area contributed by atoms with Gasteiger partial charge in [0, 0.05) is 11.8 Å². The number of aromatic nitrogens is 1. The third-order valence-electron chi connectivity index (χ3n) is 2.64. The van der Waals surface area contributed by atoms with Crippen LogP contribution in [0.1, 0.15) is 5.56 Å². The maximum Gasteiger partial charge on any atom is 0.147 e. The number of hydrogen-bond donors (Lipinski definition) is 1. The van der Waals surface area contributed by atoms with Crippen LogP contribution in [-0.2, 0) is 6.54 Å². The van der Waals surface area contributed by atoms with E-state index >= 15 is 0 Å². The molecule has 0 amide bonds. The van der Waals surface area contributed by atoms with Gasteiger partial charge in [-0.1, -0.05) is 12.1 Å². The van der Waals surface area contributed by atoms with Crippen LogP contribution in [0.15, 0.2) is 41.5 Å². The monoisotopic (exact) mass is 215 g/mol. The highest BCUT2D eigenvalue weighted by atomic mass is 19.1. The molecule has 0 saturated heterocycles. The average Bonchev–Trinajstić information content (AvgIpc) is 2.74. The molecular weight excluding hydrogens is 205 g/mol. The fourth-order valence-electron chi connectivity index (χ4n) is 1.86. The molecule has 0 radical (unpaired) electrons. The van der Waals surface area contributed by atoms with E-state index in [2.05, 4.69) is 10.3 Å². The maximum atomic E-state index is 13.6. The summed E-state index contributed by atoms with van der Waals surface area (Å²) in [5, 5.41) is 3.04. The molecule has 4 heteroatoms. The average molecular weight is 215 g/mol. The summed E-state index contributed by atoms with van der Waals surface area (Å²) in [6, 6.07) is 8.67. The molecule has 1 aromatic carbocycles. The number of nitrogens with zero attached hydrogens (tertiary/aromatic N) is 2. The fraction of sp³-hybridized carbons (Fsp3) is 0.0833. The van der Waals surface area contributed by atoms with Gasteiger partial charge in [0.25, 0.3) is 0 Å². The van der Waals surface area contributed by atoms with Gasteiger partial charge in [0.05, 0.1) is 18.6 Å². The molecule has 0 saturated carbocycles. The summed E-state index contributed by atoms with van der Waals surface area (Å²) in [5.74, 6) is 0.658. The Hall–Kier alpha value is -2.10. The topological polar surface area (TPSA) is 29.3 Å². The highest BCUT2D eigenvalue weighted by Crippen LogP contribution is 2.25. The normalized spacial score (nSPS) is 13.3. The lowest BCUT2D eigenvalue weighted by molar-refractivity contribution is 0.619. The van der Waals surface area contributed by atoms with Gasteiger partial charge < -0.3 is 9.88 Å². The second kappa shape index (κ2) is 3.48. The van der Waals surface area contributed by atoms with Gasteiger partial charge in [-0.2, -0.15) is 0 Å². The molecule has 2 aromatic rings.